The molecule has 2 rings (SSSR count). The number of Topliss-reactive ketones (excluding diaryl/α,β-unsaturated/α-hetero) is 2. The van der Waals surface area contributed by atoms with E-state index in [9.17, 15) is 29.4 Å². The van der Waals surface area contributed by atoms with E-state index in [1.54, 1.807) is 24.3 Å². The molecular formula is C36H58O11Si2. The normalized spacial score (nSPS) is 11.8. The Morgan fingerprint density at radius 1 is 0.592 bits per heavy atom. The first-order chi connectivity index (χ1) is 21.7. The second kappa shape index (κ2) is 19.7. The van der Waals surface area contributed by atoms with Crippen molar-refractivity contribution in [3.05, 3.63) is 59.7 Å². The molecule has 276 valence electrons. The van der Waals surface area contributed by atoms with E-state index in [1.165, 1.54) is 52.0 Å². The highest BCUT2D eigenvalue weighted by Crippen LogP contribution is 2.24. The predicted molar refractivity (Wildman–Crippen MR) is 195 cm³/mol. The lowest BCUT2D eigenvalue weighted by Gasteiger charge is -2.34. The van der Waals surface area contributed by atoms with E-state index >= 15 is 0 Å². The van der Waals surface area contributed by atoms with Crippen LogP contribution in [0.3, 0.4) is 0 Å². The molecule has 0 spiro atoms. The van der Waals surface area contributed by atoms with Gasteiger partial charge in [-0.05, 0) is 127 Å². The van der Waals surface area contributed by atoms with Crippen LogP contribution in [0.5, 0.6) is 11.5 Å². The van der Waals surface area contributed by atoms with Gasteiger partial charge in [0.25, 0.3) is 0 Å². The van der Waals surface area contributed by atoms with Gasteiger partial charge in [0.05, 0.1) is 13.2 Å². The summed E-state index contributed by atoms with van der Waals surface area (Å²) in [5.74, 6) is -0.966. The van der Waals surface area contributed by atoms with E-state index in [0.29, 0.717) is 35.5 Å². The molecule has 13 heteroatoms. The van der Waals surface area contributed by atoms with Crippen molar-refractivity contribution < 1.29 is 52.5 Å². The van der Waals surface area contributed by atoms with Crippen LogP contribution in [0.4, 0.5) is 0 Å². The highest BCUT2D eigenvalue weighted by atomic mass is 28.4. The van der Waals surface area contributed by atoms with Gasteiger partial charge < -0.3 is 33.3 Å². The van der Waals surface area contributed by atoms with Gasteiger partial charge in [0.2, 0.25) is 0 Å². The van der Waals surface area contributed by atoms with Gasteiger partial charge in [-0.15, -0.1) is 0 Å². The van der Waals surface area contributed by atoms with Crippen LogP contribution in [-0.2, 0) is 23.2 Å². The van der Waals surface area contributed by atoms with Gasteiger partial charge in [-0.2, -0.15) is 0 Å². The van der Waals surface area contributed by atoms with Crippen molar-refractivity contribution in [3.8, 4) is 11.5 Å². The molecule has 2 aromatic carbocycles. The maximum absolute atomic E-state index is 12.1. The molecule has 0 aliphatic carbocycles. The minimum absolute atomic E-state index is 0. The van der Waals surface area contributed by atoms with Crippen molar-refractivity contribution >= 4 is 40.1 Å². The van der Waals surface area contributed by atoms with E-state index in [0.717, 1.165) is 12.1 Å². The van der Waals surface area contributed by atoms with Gasteiger partial charge in [-0.3, -0.25) is 9.59 Å². The number of rotatable bonds is 20. The number of carbonyl (C=O) groups is 4. The van der Waals surface area contributed by atoms with Crippen molar-refractivity contribution in [2.24, 2.45) is 0 Å². The molecule has 0 atom stereocenters. The fourth-order valence-electron chi connectivity index (χ4n) is 4.70. The van der Waals surface area contributed by atoms with Crippen molar-refractivity contribution in [1.82, 2.24) is 0 Å². The third-order valence-electron chi connectivity index (χ3n) is 6.98. The van der Waals surface area contributed by atoms with Crippen molar-refractivity contribution in [3.63, 3.8) is 0 Å². The lowest BCUT2D eigenvalue weighted by atomic mass is 9.97. The maximum Gasteiger partial charge on any atom is 0.344 e. The fourth-order valence-corrected chi connectivity index (χ4v) is 13.5. The molecule has 49 heavy (non-hydrogen) atoms. The van der Waals surface area contributed by atoms with E-state index in [1.807, 2.05) is 0 Å². The summed E-state index contributed by atoms with van der Waals surface area (Å²) in [5, 5.41) is 19.7. The second-order valence-electron chi connectivity index (χ2n) is 13.7. The number of hydrogen-bond acceptors (Lipinski definition) is 11. The summed E-state index contributed by atoms with van der Waals surface area (Å²) in [6.45, 7) is 14.3. The van der Waals surface area contributed by atoms with Crippen LogP contribution < -0.4 is 9.47 Å². The molecular weight excluding hydrogens is 665 g/mol. The van der Waals surface area contributed by atoms with Crippen LogP contribution in [0.2, 0.25) is 38.3 Å². The van der Waals surface area contributed by atoms with E-state index in [4.69, 9.17) is 23.1 Å². The van der Waals surface area contributed by atoms with Crippen molar-refractivity contribution in [2.45, 2.75) is 105 Å². The van der Waals surface area contributed by atoms with E-state index in [-0.39, 0.29) is 41.3 Å². The molecule has 2 aromatic rings. The summed E-state index contributed by atoms with van der Waals surface area (Å²) in [4.78, 5) is 48.5. The molecule has 0 unspecified atom stereocenters. The Morgan fingerprint density at radius 2 is 0.898 bits per heavy atom. The van der Waals surface area contributed by atoms with Gasteiger partial charge in [0, 0.05) is 11.1 Å². The maximum atomic E-state index is 12.1. The monoisotopic (exact) mass is 722 g/mol. The lowest BCUT2D eigenvalue weighted by Crippen LogP contribution is -2.44. The Balaban J connectivity index is 0.0000115. The van der Waals surface area contributed by atoms with Gasteiger partial charge in [0.1, 0.15) is 22.7 Å². The highest BCUT2D eigenvalue weighted by molar-refractivity contribution is 6.84. The Bertz CT molecular complexity index is 1240. The molecule has 0 bridgehead atoms. The molecule has 0 saturated carbocycles. The summed E-state index contributed by atoms with van der Waals surface area (Å²) in [7, 11) is -4.07. The van der Waals surface area contributed by atoms with Crippen molar-refractivity contribution in [1.29, 1.82) is 0 Å². The van der Waals surface area contributed by atoms with E-state index < -0.39 is 51.3 Å². The predicted octanol–water partition coefficient (Wildman–Crippen LogP) is 6.62. The van der Waals surface area contributed by atoms with Gasteiger partial charge in [-0.1, -0.05) is 14.9 Å². The Kier molecular flexibility index (Phi) is 18.4. The van der Waals surface area contributed by atoms with Crippen LogP contribution in [0.25, 0.3) is 0 Å². The summed E-state index contributed by atoms with van der Waals surface area (Å²) in [6, 6.07) is 14.0. The standard InChI is InChI=1S/C34H50O11Si2.2CH4/c1-33(2,39)31(37)25-11-15-27(16-12-25)43-23-29(35)41-19-9-21-46(5,6)45-47(7,8)22-10-20-42-30(36)24-44-28-17-13-26(14-18-28)32(38)34(3,4)40;;/h11-18,39-40H,9-10,19-24H2,1-8H3;2*1H4. The SMILES string of the molecule is C.C.CC(C)(O)C(=O)c1ccc(OCC(=O)OCCC[Si](C)(C)O[Si](C)(C)CCCOC(=O)COc2ccc(C(=O)C(C)(C)O)cc2)cc1. The van der Waals surface area contributed by atoms with Crippen LogP contribution in [0.15, 0.2) is 48.5 Å². The van der Waals surface area contributed by atoms with Gasteiger partial charge in [-0.25, -0.2) is 9.59 Å². The third kappa shape index (κ3) is 17.2. The molecule has 0 heterocycles. The number of carbonyl (C=O) groups excluding carboxylic acids is 4. The second-order valence-corrected chi connectivity index (χ2v) is 22.5. The smallest absolute Gasteiger partial charge is 0.344 e. The molecule has 0 aromatic heterocycles. The summed E-state index contributed by atoms with van der Waals surface area (Å²) in [5.41, 5.74) is -2.24. The molecule has 0 fully saturated rings. The number of esters is 2. The molecule has 0 aliphatic rings. The summed E-state index contributed by atoms with van der Waals surface area (Å²) >= 11 is 0. The molecule has 0 saturated heterocycles. The van der Waals surface area contributed by atoms with Crippen LogP contribution in [0.1, 0.15) is 76.1 Å². The first-order valence-corrected chi connectivity index (χ1v) is 21.9. The zero-order valence-electron chi connectivity index (χ0n) is 28.8. The summed E-state index contributed by atoms with van der Waals surface area (Å²) in [6.07, 6.45) is 1.33. The van der Waals surface area contributed by atoms with Crippen LogP contribution in [0, 0.1) is 0 Å². The molecule has 0 radical (unpaired) electrons. The van der Waals surface area contributed by atoms with Gasteiger partial charge in [0.15, 0.2) is 41.4 Å². The Morgan fingerprint density at radius 3 is 1.18 bits per heavy atom. The number of aliphatic hydroxyl groups is 2. The lowest BCUT2D eigenvalue weighted by molar-refractivity contribution is -0.146. The Labute approximate surface area is 294 Å². The van der Waals surface area contributed by atoms with Crippen LogP contribution in [-0.4, -0.2) is 88.0 Å². The zero-order chi connectivity index (χ0) is 35.5. The number of hydrogen-bond donors (Lipinski definition) is 2. The Hall–Kier alpha value is -3.37. The highest BCUT2D eigenvalue weighted by Gasteiger charge is 2.32. The average molecular weight is 723 g/mol. The fraction of sp³-hybridized carbons (Fsp3) is 0.556. The van der Waals surface area contributed by atoms with Crippen LogP contribution >= 0.6 is 0 Å². The quantitative estimate of drug-likeness (QED) is 0.0656. The average Bonchev–Trinajstić information content (AvgIpc) is 2.97. The number of benzene rings is 2. The minimum Gasteiger partial charge on any atom is -0.482 e. The van der Waals surface area contributed by atoms with E-state index in [2.05, 4.69) is 26.2 Å². The van der Waals surface area contributed by atoms with Gasteiger partial charge >= 0.3 is 11.9 Å². The van der Waals surface area contributed by atoms with Crippen molar-refractivity contribution in [2.75, 3.05) is 26.4 Å². The minimum atomic E-state index is -2.03. The largest absolute Gasteiger partial charge is 0.482 e. The summed E-state index contributed by atoms with van der Waals surface area (Å²) < 4.78 is 28.2. The molecule has 11 nitrogen and oxygen atoms in total. The number of ketones is 2. The third-order valence-corrected chi connectivity index (χ3v) is 14.5. The molecule has 0 aliphatic heterocycles. The first-order valence-electron chi connectivity index (χ1n) is 15.7. The molecule has 0 amide bonds. The number of ether oxygens (including phenoxy) is 4. The topological polar surface area (TPSA) is 155 Å². The molecule has 2 N–H and O–H groups in total. The first kappa shape index (κ1) is 45.6. The zero-order valence-corrected chi connectivity index (χ0v) is 30.8.